The van der Waals surface area contributed by atoms with Crippen LogP contribution in [0.3, 0.4) is 0 Å². The standard InChI is InChI=1S/C7H6BrClF2N2/c8-5-1-3(7(10)11)6(12)4(2-9)13-5/h1,7H,2,12H2. The lowest BCUT2D eigenvalue weighted by Crippen LogP contribution is -2.02. The summed E-state index contributed by atoms with van der Waals surface area (Å²) in [5.41, 5.74) is 5.41. The topological polar surface area (TPSA) is 38.9 Å². The van der Waals surface area contributed by atoms with Crippen molar-refractivity contribution in [1.82, 2.24) is 4.98 Å². The first-order chi connectivity index (χ1) is 6.06. The molecule has 72 valence electrons. The highest BCUT2D eigenvalue weighted by Gasteiger charge is 2.15. The minimum Gasteiger partial charge on any atom is -0.397 e. The van der Waals surface area contributed by atoms with Crippen molar-refractivity contribution >= 4 is 33.2 Å². The van der Waals surface area contributed by atoms with Gasteiger partial charge in [-0.25, -0.2) is 13.8 Å². The van der Waals surface area contributed by atoms with Gasteiger partial charge in [-0.2, -0.15) is 0 Å². The maximum absolute atomic E-state index is 12.4. The summed E-state index contributed by atoms with van der Waals surface area (Å²) in [6, 6.07) is 1.19. The van der Waals surface area contributed by atoms with Crippen LogP contribution in [0.25, 0.3) is 0 Å². The van der Waals surface area contributed by atoms with Crippen molar-refractivity contribution in [3.8, 4) is 0 Å². The summed E-state index contributed by atoms with van der Waals surface area (Å²) in [7, 11) is 0. The zero-order valence-electron chi connectivity index (χ0n) is 6.40. The van der Waals surface area contributed by atoms with Crippen LogP contribution in [0.1, 0.15) is 17.7 Å². The van der Waals surface area contributed by atoms with Gasteiger partial charge < -0.3 is 5.73 Å². The van der Waals surface area contributed by atoms with E-state index in [1.54, 1.807) is 0 Å². The summed E-state index contributed by atoms with van der Waals surface area (Å²) in [6.07, 6.45) is -2.61. The van der Waals surface area contributed by atoms with E-state index < -0.39 is 6.43 Å². The second-order valence-corrected chi connectivity index (χ2v) is 3.41. The van der Waals surface area contributed by atoms with Crippen LogP contribution >= 0.6 is 27.5 Å². The Hall–Kier alpha value is -0.420. The maximum atomic E-state index is 12.4. The van der Waals surface area contributed by atoms with E-state index in [4.69, 9.17) is 17.3 Å². The Bertz CT molecular complexity index is 320. The highest BCUT2D eigenvalue weighted by atomic mass is 79.9. The number of alkyl halides is 3. The Labute approximate surface area is 87.2 Å². The van der Waals surface area contributed by atoms with Gasteiger partial charge >= 0.3 is 0 Å². The molecule has 1 aromatic heterocycles. The van der Waals surface area contributed by atoms with Crippen LogP contribution in [0.2, 0.25) is 0 Å². The molecule has 0 spiro atoms. The number of anilines is 1. The fourth-order valence-corrected chi connectivity index (χ4v) is 1.54. The monoisotopic (exact) mass is 270 g/mol. The van der Waals surface area contributed by atoms with Gasteiger partial charge in [0.15, 0.2) is 0 Å². The van der Waals surface area contributed by atoms with Gasteiger partial charge in [-0.15, -0.1) is 11.6 Å². The molecule has 0 saturated heterocycles. The van der Waals surface area contributed by atoms with Gasteiger partial charge in [0.1, 0.15) is 4.60 Å². The number of nitrogens with two attached hydrogens (primary N) is 1. The number of pyridine rings is 1. The molecule has 0 fully saturated rings. The van der Waals surface area contributed by atoms with Crippen LogP contribution in [0.15, 0.2) is 10.7 Å². The van der Waals surface area contributed by atoms with E-state index in [-0.39, 0.29) is 22.8 Å². The Kier molecular flexibility index (Phi) is 3.44. The minimum absolute atomic E-state index is 0.0188. The summed E-state index contributed by atoms with van der Waals surface area (Å²) < 4.78 is 25.0. The number of hydrogen-bond acceptors (Lipinski definition) is 2. The normalized spacial score (nSPS) is 10.8. The fourth-order valence-electron chi connectivity index (χ4n) is 0.877. The first-order valence-electron chi connectivity index (χ1n) is 3.35. The van der Waals surface area contributed by atoms with Crippen LogP contribution < -0.4 is 5.73 Å². The molecule has 0 aromatic carbocycles. The molecule has 0 radical (unpaired) electrons. The summed E-state index contributed by atoms with van der Waals surface area (Å²) in [4.78, 5) is 3.86. The van der Waals surface area contributed by atoms with E-state index in [1.807, 2.05) is 0 Å². The van der Waals surface area contributed by atoms with Crippen molar-refractivity contribution in [1.29, 1.82) is 0 Å². The molecular formula is C7H6BrClF2N2. The predicted molar refractivity (Wildman–Crippen MR) is 50.9 cm³/mol. The second-order valence-electron chi connectivity index (χ2n) is 2.33. The summed E-state index contributed by atoms with van der Waals surface area (Å²) in [5.74, 6) is 0.0188. The van der Waals surface area contributed by atoms with E-state index >= 15 is 0 Å². The molecule has 13 heavy (non-hydrogen) atoms. The van der Waals surface area contributed by atoms with Gasteiger partial charge in [-0.05, 0) is 22.0 Å². The van der Waals surface area contributed by atoms with Gasteiger partial charge in [0, 0.05) is 5.56 Å². The molecule has 0 aliphatic heterocycles. The molecule has 2 nitrogen and oxygen atoms in total. The first kappa shape index (κ1) is 10.7. The third kappa shape index (κ3) is 2.28. The lowest BCUT2D eigenvalue weighted by molar-refractivity contribution is 0.152. The van der Waals surface area contributed by atoms with Crippen LogP contribution in [0.5, 0.6) is 0 Å². The summed E-state index contributed by atoms with van der Waals surface area (Å²) in [5, 5.41) is 0. The molecule has 2 N–H and O–H groups in total. The Morgan fingerprint density at radius 3 is 2.69 bits per heavy atom. The molecule has 0 atom stereocenters. The first-order valence-corrected chi connectivity index (χ1v) is 4.68. The molecule has 1 rings (SSSR count). The second kappa shape index (κ2) is 4.19. The van der Waals surface area contributed by atoms with E-state index in [0.29, 0.717) is 4.60 Å². The third-order valence-electron chi connectivity index (χ3n) is 1.50. The smallest absolute Gasteiger partial charge is 0.265 e. The third-order valence-corrected chi connectivity index (χ3v) is 2.16. The zero-order chi connectivity index (χ0) is 10.0. The summed E-state index contributed by atoms with van der Waals surface area (Å²) in [6.45, 7) is 0. The number of rotatable bonds is 2. The van der Waals surface area contributed by atoms with Crippen molar-refractivity contribution in [2.24, 2.45) is 0 Å². The molecule has 0 unspecified atom stereocenters. The van der Waals surface area contributed by atoms with Crippen LogP contribution in [-0.2, 0) is 5.88 Å². The van der Waals surface area contributed by atoms with Gasteiger partial charge in [-0.1, -0.05) is 0 Å². The highest BCUT2D eigenvalue weighted by molar-refractivity contribution is 9.10. The molecule has 1 heterocycles. The lowest BCUT2D eigenvalue weighted by atomic mass is 10.2. The Balaban J connectivity index is 3.27. The SMILES string of the molecule is Nc1c(C(F)F)cc(Br)nc1CCl. The average Bonchev–Trinajstić information content (AvgIpc) is 2.08. The van der Waals surface area contributed by atoms with Crippen molar-refractivity contribution in [2.75, 3.05) is 5.73 Å². The number of nitrogen functional groups attached to an aromatic ring is 1. The highest BCUT2D eigenvalue weighted by Crippen LogP contribution is 2.29. The quantitative estimate of drug-likeness (QED) is 0.663. The Morgan fingerprint density at radius 1 is 1.62 bits per heavy atom. The van der Waals surface area contributed by atoms with Crippen LogP contribution in [-0.4, -0.2) is 4.98 Å². The predicted octanol–water partition coefficient (Wildman–Crippen LogP) is 3.10. The van der Waals surface area contributed by atoms with Crippen molar-refractivity contribution in [2.45, 2.75) is 12.3 Å². The zero-order valence-corrected chi connectivity index (χ0v) is 8.74. The van der Waals surface area contributed by atoms with Crippen molar-refractivity contribution in [3.05, 3.63) is 21.9 Å². The molecular weight excluding hydrogens is 265 g/mol. The molecule has 0 amide bonds. The largest absolute Gasteiger partial charge is 0.397 e. The molecule has 6 heteroatoms. The van der Waals surface area contributed by atoms with Gasteiger partial charge in [0.25, 0.3) is 6.43 Å². The maximum Gasteiger partial charge on any atom is 0.265 e. The van der Waals surface area contributed by atoms with Crippen molar-refractivity contribution < 1.29 is 8.78 Å². The van der Waals surface area contributed by atoms with E-state index in [0.717, 1.165) is 0 Å². The molecule has 0 bridgehead atoms. The van der Waals surface area contributed by atoms with E-state index in [9.17, 15) is 8.78 Å². The lowest BCUT2D eigenvalue weighted by Gasteiger charge is -2.08. The van der Waals surface area contributed by atoms with Gasteiger partial charge in [0.2, 0.25) is 0 Å². The molecule has 0 saturated carbocycles. The van der Waals surface area contributed by atoms with E-state index in [2.05, 4.69) is 20.9 Å². The molecule has 1 aromatic rings. The van der Waals surface area contributed by atoms with Crippen LogP contribution in [0.4, 0.5) is 14.5 Å². The van der Waals surface area contributed by atoms with Crippen molar-refractivity contribution in [3.63, 3.8) is 0 Å². The van der Waals surface area contributed by atoms with Gasteiger partial charge in [0.05, 0.1) is 17.3 Å². The Morgan fingerprint density at radius 2 is 2.23 bits per heavy atom. The number of hydrogen-bond donors (Lipinski definition) is 1. The fraction of sp³-hybridized carbons (Fsp3) is 0.286. The number of nitrogens with zero attached hydrogens (tertiary/aromatic N) is 1. The minimum atomic E-state index is -2.61. The average molecular weight is 271 g/mol. The summed E-state index contributed by atoms with van der Waals surface area (Å²) >= 11 is 8.47. The van der Waals surface area contributed by atoms with Gasteiger partial charge in [-0.3, -0.25) is 0 Å². The van der Waals surface area contributed by atoms with E-state index in [1.165, 1.54) is 6.07 Å². The molecule has 0 aliphatic carbocycles. The molecule has 0 aliphatic rings. The van der Waals surface area contributed by atoms with Crippen LogP contribution in [0, 0.1) is 0 Å². The number of halogens is 4. The number of aromatic nitrogens is 1.